The fourth-order valence-corrected chi connectivity index (χ4v) is 2.29. The van der Waals surface area contributed by atoms with Gasteiger partial charge in [-0.25, -0.2) is 0 Å². The van der Waals surface area contributed by atoms with Crippen LogP contribution in [-0.4, -0.2) is 7.11 Å². The van der Waals surface area contributed by atoms with Crippen molar-refractivity contribution in [3.8, 4) is 22.6 Å². The molecule has 0 aliphatic rings. The van der Waals surface area contributed by atoms with Gasteiger partial charge in [-0.3, -0.25) is 0 Å². The average molecular weight is 290 g/mol. The van der Waals surface area contributed by atoms with Gasteiger partial charge >= 0.3 is 0 Å². The molecule has 0 unspecified atom stereocenters. The summed E-state index contributed by atoms with van der Waals surface area (Å²) in [5, 5.41) is 0. The molecule has 0 atom stereocenters. The summed E-state index contributed by atoms with van der Waals surface area (Å²) in [6.07, 6.45) is 0. The second kappa shape index (κ2) is 6.81. The third kappa shape index (κ3) is 3.47. The van der Waals surface area contributed by atoms with E-state index in [-0.39, 0.29) is 0 Å². The molecule has 3 rings (SSSR count). The summed E-state index contributed by atoms with van der Waals surface area (Å²) >= 11 is 0. The van der Waals surface area contributed by atoms with Crippen LogP contribution >= 0.6 is 0 Å². The van der Waals surface area contributed by atoms with Gasteiger partial charge in [0.05, 0.1) is 7.11 Å². The standard InChI is InChI=1S/C20H18O2/c1-21-20-9-5-8-18(14-20)17-10-12-19(13-11-17)22-15-16-6-3-2-4-7-16/h2-14H,15H2,1H3. The van der Waals surface area contributed by atoms with Crippen molar-refractivity contribution < 1.29 is 9.47 Å². The van der Waals surface area contributed by atoms with Gasteiger partial charge in [0.2, 0.25) is 0 Å². The van der Waals surface area contributed by atoms with Crippen molar-refractivity contribution in [1.82, 2.24) is 0 Å². The summed E-state index contributed by atoms with van der Waals surface area (Å²) in [5.74, 6) is 1.73. The fraction of sp³-hybridized carbons (Fsp3) is 0.100. The van der Waals surface area contributed by atoms with Crippen LogP contribution in [0, 0.1) is 0 Å². The first-order valence-corrected chi connectivity index (χ1v) is 7.26. The fourth-order valence-electron chi connectivity index (χ4n) is 2.29. The molecule has 0 aliphatic heterocycles. The number of rotatable bonds is 5. The monoisotopic (exact) mass is 290 g/mol. The Morgan fingerprint density at radius 2 is 1.45 bits per heavy atom. The molecule has 0 aromatic heterocycles. The van der Waals surface area contributed by atoms with Gasteiger partial charge in [0.1, 0.15) is 18.1 Å². The lowest BCUT2D eigenvalue weighted by molar-refractivity contribution is 0.306. The van der Waals surface area contributed by atoms with E-state index in [0.29, 0.717) is 6.61 Å². The van der Waals surface area contributed by atoms with Gasteiger partial charge in [-0.1, -0.05) is 54.6 Å². The Hall–Kier alpha value is -2.74. The smallest absolute Gasteiger partial charge is 0.119 e. The van der Waals surface area contributed by atoms with E-state index in [4.69, 9.17) is 9.47 Å². The van der Waals surface area contributed by atoms with E-state index in [1.54, 1.807) is 7.11 Å². The minimum atomic E-state index is 0.583. The minimum Gasteiger partial charge on any atom is -0.497 e. The zero-order chi connectivity index (χ0) is 15.2. The summed E-state index contributed by atoms with van der Waals surface area (Å²) in [5.41, 5.74) is 3.44. The van der Waals surface area contributed by atoms with Crippen LogP contribution in [0.4, 0.5) is 0 Å². The molecule has 2 heteroatoms. The van der Waals surface area contributed by atoms with Crippen LogP contribution < -0.4 is 9.47 Å². The van der Waals surface area contributed by atoms with Gasteiger partial charge in [0.25, 0.3) is 0 Å². The van der Waals surface area contributed by atoms with Crippen LogP contribution in [0.25, 0.3) is 11.1 Å². The SMILES string of the molecule is COc1cccc(-c2ccc(OCc3ccccc3)cc2)c1. The highest BCUT2D eigenvalue weighted by molar-refractivity contribution is 5.65. The molecule has 22 heavy (non-hydrogen) atoms. The molecule has 0 heterocycles. The van der Waals surface area contributed by atoms with Gasteiger partial charge in [-0.05, 0) is 41.0 Å². The molecule has 0 saturated carbocycles. The molecule has 0 bridgehead atoms. The van der Waals surface area contributed by atoms with Crippen molar-refractivity contribution in [3.63, 3.8) is 0 Å². The van der Waals surface area contributed by atoms with Crippen molar-refractivity contribution in [2.45, 2.75) is 6.61 Å². The maximum Gasteiger partial charge on any atom is 0.119 e. The molecule has 3 aromatic carbocycles. The Bertz CT molecular complexity index is 718. The summed E-state index contributed by atoms with van der Waals surface area (Å²) < 4.78 is 11.1. The quantitative estimate of drug-likeness (QED) is 0.662. The second-order valence-corrected chi connectivity index (χ2v) is 5.03. The third-order valence-corrected chi connectivity index (χ3v) is 3.51. The van der Waals surface area contributed by atoms with Gasteiger partial charge in [-0.15, -0.1) is 0 Å². The molecule has 3 aromatic rings. The molecule has 0 saturated heterocycles. The number of methoxy groups -OCH3 is 1. The lowest BCUT2D eigenvalue weighted by Crippen LogP contribution is -1.94. The van der Waals surface area contributed by atoms with Crippen LogP contribution in [0.3, 0.4) is 0 Å². The summed E-state index contributed by atoms with van der Waals surface area (Å²) in [6.45, 7) is 0.583. The van der Waals surface area contributed by atoms with Crippen molar-refractivity contribution >= 4 is 0 Å². The van der Waals surface area contributed by atoms with Crippen LogP contribution in [-0.2, 0) is 6.61 Å². The van der Waals surface area contributed by atoms with E-state index in [1.165, 1.54) is 5.56 Å². The van der Waals surface area contributed by atoms with Gasteiger partial charge in [0, 0.05) is 0 Å². The molecule has 0 radical (unpaired) electrons. The molecular formula is C20H18O2. The number of hydrogen-bond acceptors (Lipinski definition) is 2. The van der Waals surface area contributed by atoms with E-state index in [9.17, 15) is 0 Å². The van der Waals surface area contributed by atoms with Crippen molar-refractivity contribution in [1.29, 1.82) is 0 Å². The van der Waals surface area contributed by atoms with Crippen LogP contribution in [0.15, 0.2) is 78.9 Å². The average Bonchev–Trinajstić information content (AvgIpc) is 2.61. The summed E-state index contributed by atoms with van der Waals surface area (Å²) in [6, 6.07) is 26.3. The van der Waals surface area contributed by atoms with Crippen molar-refractivity contribution in [3.05, 3.63) is 84.4 Å². The van der Waals surface area contributed by atoms with Crippen molar-refractivity contribution in [2.75, 3.05) is 7.11 Å². The Labute approximate surface area is 131 Å². The Kier molecular flexibility index (Phi) is 4.40. The third-order valence-electron chi connectivity index (χ3n) is 3.51. The first-order valence-electron chi connectivity index (χ1n) is 7.26. The Morgan fingerprint density at radius 1 is 0.682 bits per heavy atom. The highest BCUT2D eigenvalue weighted by Crippen LogP contribution is 2.25. The molecule has 2 nitrogen and oxygen atoms in total. The van der Waals surface area contributed by atoms with E-state index in [0.717, 1.165) is 22.6 Å². The van der Waals surface area contributed by atoms with Gasteiger partial charge < -0.3 is 9.47 Å². The van der Waals surface area contributed by atoms with E-state index >= 15 is 0 Å². The van der Waals surface area contributed by atoms with Crippen LogP contribution in [0.5, 0.6) is 11.5 Å². The predicted molar refractivity (Wildman–Crippen MR) is 89.2 cm³/mol. The lowest BCUT2D eigenvalue weighted by Gasteiger charge is -2.08. The van der Waals surface area contributed by atoms with Crippen molar-refractivity contribution in [2.24, 2.45) is 0 Å². The molecule has 0 fully saturated rings. The molecular weight excluding hydrogens is 272 g/mol. The van der Waals surface area contributed by atoms with Crippen LogP contribution in [0.1, 0.15) is 5.56 Å². The number of hydrogen-bond donors (Lipinski definition) is 0. The Morgan fingerprint density at radius 3 is 2.18 bits per heavy atom. The minimum absolute atomic E-state index is 0.583. The predicted octanol–water partition coefficient (Wildman–Crippen LogP) is 4.94. The van der Waals surface area contributed by atoms with E-state index < -0.39 is 0 Å². The van der Waals surface area contributed by atoms with Gasteiger partial charge in [0.15, 0.2) is 0 Å². The summed E-state index contributed by atoms with van der Waals surface area (Å²) in [4.78, 5) is 0. The van der Waals surface area contributed by atoms with Crippen LogP contribution in [0.2, 0.25) is 0 Å². The Balaban J connectivity index is 1.69. The number of ether oxygens (including phenoxy) is 2. The zero-order valence-corrected chi connectivity index (χ0v) is 12.5. The second-order valence-electron chi connectivity index (χ2n) is 5.03. The maximum atomic E-state index is 5.80. The maximum absolute atomic E-state index is 5.80. The summed E-state index contributed by atoms with van der Waals surface area (Å²) in [7, 11) is 1.68. The van der Waals surface area contributed by atoms with E-state index in [1.807, 2.05) is 48.5 Å². The van der Waals surface area contributed by atoms with Gasteiger partial charge in [-0.2, -0.15) is 0 Å². The normalized spacial score (nSPS) is 10.2. The molecule has 0 amide bonds. The van der Waals surface area contributed by atoms with E-state index in [2.05, 4.69) is 30.3 Å². The topological polar surface area (TPSA) is 18.5 Å². The largest absolute Gasteiger partial charge is 0.497 e. The molecule has 0 N–H and O–H groups in total. The highest BCUT2D eigenvalue weighted by atomic mass is 16.5. The zero-order valence-electron chi connectivity index (χ0n) is 12.5. The first kappa shape index (κ1) is 14.2. The first-order chi connectivity index (χ1) is 10.8. The molecule has 0 spiro atoms. The lowest BCUT2D eigenvalue weighted by atomic mass is 10.1. The number of benzene rings is 3. The molecule has 110 valence electrons. The molecule has 0 aliphatic carbocycles. The highest BCUT2D eigenvalue weighted by Gasteiger charge is 2.01.